The second kappa shape index (κ2) is 9.25. The molecule has 0 saturated carbocycles. The van der Waals surface area contributed by atoms with Crippen molar-refractivity contribution >= 4 is 39.3 Å². The van der Waals surface area contributed by atoms with Gasteiger partial charge in [-0.05, 0) is 55.2 Å². The number of carbonyl (C=O) groups is 1. The molecule has 0 bridgehead atoms. The number of halogens is 1. The molecule has 9 heteroatoms. The maximum Gasteiger partial charge on any atom is 0.274 e. The van der Waals surface area contributed by atoms with Crippen molar-refractivity contribution in [2.24, 2.45) is 5.73 Å². The molecular weight excluding hydrogens is 471 g/mol. The Labute approximate surface area is 212 Å². The maximum absolute atomic E-state index is 13.7. The zero-order chi connectivity index (χ0) is 25.5. The van der Waals surface area contributed by atoms with Gasteiger partial charge in [-0.3, -0.25) is 4.79 Å². The zero-order valence-corrected chi connectivity index (χ0v) is 20.2. The highest BCUT2D eigenvalue weighted by molar-refractivity contribution is 6.09. The first kappa shape index (κ1) is 23.1. The quantitative estimate of drug-likeness (QED) is 0.358. The van der Waals surface area contributed by atoms with Gasteiger partial charge in [-0.1, -0.05) is 35.5 Å². The number of pyridine rings is 2. The molecule has 186 valence electrons. The van der Waals surface area contributed by atoms with Crippen LogP contribution in [0.1, 0.15) is 29.0 Å². The Balaban J connectivity index is 1.36. The van der Waals surface area contributed by atoms with Crippen molar-refractivity contribution in [1.82, 2.24) is 15.1 Å². The summed E-state index contributed by atoms with van der Waals surface area (Å²) in [5, 5.41) is 8.72. The normalized spacial score (nSPS) is 15.9. The van der Waals surface area contributed by atoms with E-state index >= 15 is 0 Å². The van der Waals surface area contributed by atoms with E-state index in [0.717, 1.165) is 47.0 Å². The topological polar surface area (TPSA) is 110 Å². The Hall–Kier alpha value is -4.37. The van der Waals surface area contributed by atoms with Gasteiger partial charge >= 0.3 is 0 Å². The fraction of sp³-hybridized carbons (Fsp3) is 0.214. The summed E-state index contributed by atoms with van der Waals surface area (Å²) >= 11 is 0. The largest absolute Gasteiger partial charge is 0.368 e. The second-order valence-electron chi connectivity index (χ2n) is 9.39. The van der Waals surface area contributed by atoms with Gasteiger partial charge in [0, 0.05) is 24.5 Å². The highest BCUT2D eigenvalue weighted by atomic mass is 19.1. The molecule has 1 aliphatic heterocycles. The van der Waals surface area contributed by atoms with Gasteiger partial charge in [0.1, 0.15) is 11.5 Å². The van der Waals surface area contributed by atoms with E-state index in [9.17, 15) is 9.18 Å². The minimum absolute atomic E-state index is 0.0372. The van der Waals surface area contributed by atoms with Crippen LogP contribution in [0.15, 0.2) is 65.3 Å². The molecule has 1 saturated heterocycles. The summed E-state index contributed by atoms with van der Waals surface area (Å²) in [5.74, 6) is -0.673. The predicted octanol–water partition coefficient (Wildman–Crippen LogP) is 5.07. The van der Waals surface area contributed by atoms with E-state index in [1.165, 1.54) is 12.1 Å². The molecule has 6 rings (SSSR count). The number of piperidine rings is 1. The second-order valence-corrected chi connectivity index (χ2v) is 9.39. The number of hydrogen-bond donors (Lipinski definition) is 2. The number of carbonyl (C=O) groups excluding carboxylic acids is 1. The summed E-state index contributed by atoms with van der Waals surface area (Å²) in [6.45, 7) is 3.31. The number of rotatable bonds is 4. The van der Waals surface area contributed by atoms with E-state index < -0.39 is 0 Å². The lowest BCUT2D eigenvalue weighted by Crippen LogP contribution is -2.43. The SMILES string of the molecule is Cc1noc2ncc(NC(=O)c3ccc4ccc(-c5cccc(F)c5)cc4n3)c(N3CCC[C@H](N)C3)c12. The number of nitrogens with zero attached hydrogens (tertiary/aromatic N) is 4. The summed E-state index contributed by atoms with van der Waals surface area (Å²) in [7, 11) is 0. The number of hydrogen-bond acceptors (Lipinski definition) is 7. The van der Waals surface area contributed by atoms with Crippen LogP contribution in [-0.2, 0) is 0 Å². The minimum atomic E-state index is -0.365. The lowest BCUT2D eigenvalue weighted by atomic mass is 10.0. The monoisotopic (exact) mass is 496 g/mol. The molecule has 1 fully saturated rings. The number of nitrogens with two attached hydrogens (primary N) is 1. The first-order chi connectivity index (χ1) is 18.0. The van der Waals surface area contributed by atoms with Crippen LogP contribution in [0, 0.1) is 12.7 Å². The van der Waals surface area contributed by atoms with Gasteiger partial charge in [-0.15, -0.1) is 0 Å². The molecular formula is C28H25FN6O2. The van der Waals surface area contributed by atoms with E-state index in [1.807, 2.05) is 37.3 Å². The summed E-state index contributed by atoms with van der Waals surface area (Å²) < 4.78 is 19.1. The van der Waals surface area contributed by atoms with E-state index in [2.05, 4.69) is 25.3 Å². The van der Waals surface area contributed by atoms with Crippen molar-refractivity contribution < 1.29 is 13.7 Å². The molecule has 0 radical (unpaired) electrons. The molecule has 5 aromatic rings. The summed E-state index contributed by atoms with van der Waals surface area (Å²) in [6.07, 6.45) is 3.49. The lowest BCUT2D eigenvalue weighted by molar-refractivity contribution is 0.102. The highest BCUT2D eigenvalue weighted by Gasteiger charge is 2.26. The van der Waals surface area contributed by atoms with Gasteiger partial charge in [0.2, 0.25) is 0 Å². The van der Waals surface area contributed by atoms with Crippen LogP contribution in [0.4, 0.5) is 15.8 Å². The highest BCUT2D eigenvalue weighted by Crippen LogP contribution is 2.37. The Morgan fingerprint density at radius 1 is 1.16 bits per heavy atom. The van der Waals surface area contributed by atoms with Crippen LogP contribution < -0.4 is 16.0 Å². The van der Waals surface area contributed by atoms with Crippen LogP contribution in [-0.4, -0.2) is 40.2 Å². The fourth-order valence-electron chi connectivity index (χ4n) is 4.95. The third-order valence-corrected chi connectivity index (χ3v) is 6.75. The Morgan fingerprint density at radius 2 is 2.00 bits per heavy atom. The van der Waals surface area contributed by atoms with Gasteiger partial charge in [-0.25, -0.2) is 14.4 Å². The van der Waals surface area contributed by atoms with E-state index in [1.54, 1.807) is 18.3 Å². The molecule has 0 unspecified atom stereocenters. The van der Waals surface area contributed by atoms with E-state index in [4.69, 9.17) is 10.3 Å². The summed E-state index contributed by atoms with van der Waals surface area (Å²) in [4.78, 5) is 24.5. The van der Waals surface area contributed by atoms with Crippen LogP contribution in [0.5, 0.6) is 0 Å². The number of anilines is 2. The molecule has 0 spiro atoms. The van der Waals surface area contributed by atoms with Crippen LogP contribution in [0.25, 0.3) is 33.1 Å². The van der Waals surface area contributed by atoms with Crippen molar-refractivity contribution in [1.29, 1.82) is 0 Å². The zero-order valence-electron chi connectivity index (χ0n) is 20.2. The molecule has 1 atom stereocenters. The van der Waals surface area contributed by atoms with Crippen molar-refractivity contribution in [3.63, 3.8) is 0 Å². The van der Waals surface area contributed by atoms with Crippen molar-refractivity contribution in [2.75, 3.05) is 23.3 Å². The molecule has 0 aliphatic carbocycles. The van der Waals surface area contributed by atoms with Gasteiger partial charge in [0.05, 0.1) is 34.2 Å². The van der Waals surface area contributed by atoms with Crippen molar-refractivity contribution in [3.8, 4) is 11.1 Å². The first-order valence-electron chi connectivity index (χ1n) is 12.2. The smallest absolute Gasteiger partial charge is 0.274 e. The number of amides is 1. The van der Waals surface area contributed by atoms with Crippen LogP contribution in [0.3, 0.4) is 0 Å². The number of nitrogens with one attached hydrogen (secondary N) is 1. The average Bonchev–Trinajstić information content (AvgIpc) is 3.28. The molecule has 37 heavy (non-hydrogen) atoms. The number of aryl methyl sites for hydroxylation is 1. The third-order valence-electron chi connectivity index (χ3n) is 6.75. The lowest BCUT2D eigenvalue weighted by Gasteiger charge is -2.34. The summed E-state index contributed by atoms with van der Waals surface area (Å²) in [5.41, 5.74) is 11.2. The van der Waals surface area contributed by atoms with E-state index in [0.29, 0.717) is 29.2 Å². The standard InChI is InChI=1S/C28H25FN6O2/c1-16-25-26(35-11-3-6-21(30)15-35)24(14-31-28(25)37-34-16)33-27(36)22-10-9-17-7-8-19(13-23(17)32-22)18-4-2-5-20(29)12-18/h2,4-5,7-10,12-14,21H,3,6,11,15,30H2,1H3,(H,33,36)/t21-/m0/s1. The molecule has 8 nitrogen and oxygen atoms in total. The van der Waals surface area contributed by atoms with Crippen LogP contribution in [0.2, 0.25) is 0 Å². The molecule has 1 aliphatic rings. The van der Waals surface area contributed by atoms with Gasteiger partial charge in [0.25, 0.3) is 11.6 Å². The number of aromatic nitrogens is 3. The average molecular weight is 497 g/mol. The van der Waals surface area contributed by atoms with Crippen molar-refractivity contribution in [2.45, 2.75) is 25.8 Å². The Bertz CT molecular complexity index is 1650. The molecule has 1 amide bonds. The van der Waals surface area contributed by atoms with Crippen molar-refractivity contribution in [3.05, 3.63) is 78.0 Å². The minimum Gasteiger partial charge on any atom is -0.368 e. The first-order valence-corrected chi connectivity index (χ1v) is 12.2. The Morgan fingerprint density at radius 3 is 2.84 bits per heavy atom. The molecule has 2 aromatic carbocycles. The van der Waals surface area contributed by atoms with Crippen LogP contribution >= 0.6 is 0 Å². The number of fused-ring (bicyclic) bond motifs is 2. The predicted molar refractivity (Wildman–Crippen MR) is 141 cm³/mol. The molecule has 3 aromatic heterocycles. The Kier molecular flexibility index (Phi) is 5.77. The van der Waals surface area contributed by atoms with E-state index in [-0.39, 0.29) is 23.5 Å². The number of benzene rings is 2. The van der Waals surface area contributed by atoms with Gasteiger partial charge in [-0.2, -0.15) is 0 Å². The van der Waals surface area contributed by atoms with Gasteiger partial charge in [0.15, 0.2) is 0 Å². The summed E-state index contributed by atoms with van der Waals surface area (Å²) in [6, 6.07) is 15.6. The molecule has 4 heterocycles. The third kappa shape index (κ3) is 4.38. The molecule has 3 N–H and O–H groups in total. The van der Waals surface area contributed by atoms with Gasteiger partial charge < -0.3 is 20.5 Å². The maximum atomic E-state index is 13.7. The fourth-order valence-corrected chi connectivity index (χ4v) is 4.95.